The van der Waals surface area contributed by atoms with Crippen LogP contribution in [0, 0.1) is 0 Å². The van der Waals surface area contributed by atoms with E-state index >= 15 is 0 Å². The monoisotopic (exact) mass is 529 g/mol. The van der Waals surface area contributed by atoms with Crippen molar-refractivity contribution < 1.29 is 28.1 Å². The van der Waals surface area contributed by atoms with Crippen molar-refractivity contribution in [1.82, 2.24) is 10.2 Å². The number of hydrogen-bond donors (Lipinski definition) is 1. The van der Waals surface area contributed by atoms with Gasteiger partial charge in [-0.2, -0.15) is 0 Å². The Balaban J connectivity index is 1.67. The van der Waals surface area contributed by atoms with E-state index in [0.29, 0.717) is 29.2 Å². The van der Waals surface area contributed by atoms with Gasteiger partial charge in [0.25, 0.3) is 0 Å². The summed E-state index contributed by atoms with van der Waals surface area (Å²) >= 11 is 0. The van der Waals surface area contributed by atoms with Crippen molar-refractivity contribution in [3.63, 3.8) is 0 Å². The minimum atomic E-state index is -0.908. The predicted octanol–water partition coefficient (Wildman–Crippen LogP) is 5.10. The van der Waals surface area contributed by atoms with Crippen LogP contribution in [0.1, 0.15) is 40.3 Å². The van der Waals surface area contributed by atoms with Crippen LogP contribution in [-0.4, -0.2) is 51.8 Å². The lowest BCUT2D eigenvalue weighted by Gasteiger charge is -2.37. The van der Waals surface area contributed by atoms with Crippen LogP contribution >= 0.6 is 0 Å². The molecule has 4 aromatic rings. The van der Waals surface area contributed by atoms with E-state index in [1.54, 1.807) is 35.5 Å². The first-order chi connectivity index (χ1) is 19.1. The highest BCUT2D eigenvalue weighted by Gasteiger charge is 2.70. The number of ether oxygens (including phenoxy) is 5. The number of methoxy groups -OCH3 is 4. The number of anilines is 1. The number of aromatic nitrogens is 2. The third kappa shape index (κ3) is 3.71. The van der Waals surface area contributed by atoms with E-state index < -0.39 is 11.7 Å². The number of nitrogens with zero attached hydrogens (tertiary/aromatic N) is 2. The molecule has 1 aromatic heterocycles. The van der Waals surface area contributed by atoms with E-state index in [0.717, 1.165) is 22.4 Å². The highest BCUT2D eigenvalue weighted by molar-refractivity contribution is 5.62. The molecule has 202 valence electrons. The standard InChI is InChI=1S/C30H31N3O6/c1-31-29-33-32-28(38-29)24-25(17-9-7-6-8-10-17)30(18-11-13-19(34-2)14-12-18)26(27(24)37-5)23-21(36-4)15-20(35-3)16-22(23)39-30/h6-16,24-27H,1-5H3,(H,31,33)/t24-,25-,26?,27-,30+/m1/s1. The fraction of sp³-hybridized carbons (Fsp3) is 0.333. The molecule has 1 saturated carbocycles. The Morgan fingerprint density at radius 3 is 2.18 bits per heavy atom. The average molecular weight is 530 g/mol. The van der Waals surface area contributed by atoms with Gasteiger partial charge in [0.15, 0.2) is 5.60 Å². The second-order valence-electron chi connectivity index (χ2n) is 9.65. The second-order valence-corrected chi connectivity index (χ2v) is 9.65. The molecule has 0 saturated heterocycles. The number of fused-ring (bicyclic) bond motifs is 3. The van der Waals surface area contributed by atoms with Crippen LogP contribution in [0.15, 0.2) is 71.1 Å². The number of nitrogens with one attached hydrogen (secondary N) is 1. The molecule has 0 spiro atoms. The zero-order valence-corrected chi connectivity index (χ0v) is 22.5. The van der Waals surface area contributed by atoms with E-state index in [9.17, 15) is 0 Å². The molecule has 1 N–H and O–H groups in total. The first-order valence-electron chi connectivity index (χ1n) is 12.8. The summed E-state index contributed by atoms with van der Waals surface area (Å²) < 4.78 is 36.6. The third-order valence-electron chi connectivity index (χ3n) is 8.00. The van der Waals surface area contributed by atoms with Crippen molar-refractivity contribution >= 4 is 6.01 Å². The molecule has 5 atom stereocenters. The van der Waals surface area contributed by atoms with Crippen LogP contribution in [0.5, 0.6) is 23.0 Å². The van der Waals surface area contributed by atoms with Crippen LogP contribution < -0.4 is 24.3 Å². The first kappa shape index (κ1) is 25.1. The molecule has 2 aliphatic rings. The first-order valence-corrected chi connectivity index (χ1v) is 12.8. The van der Waals surface area contributed by atoms with E-state index in [2.05, 4.69) is 39.8 Å². The maximum Gasteiger partial charge on any atom is 0.315 e. The lowest BCUT2D eigenvalue weighted by molar-refractivity contribution is 0.0315. The maximum absolute atomic E-state index is 7.16. The average Bonchev–Trinajstić information content (AvgIpc) is 3.67. The van der Waals surface area contributed by atoms with Gasteiger partial charge in [0, 0.05) is 37.8 Å². The number of benzene rings is 3. The normalized spacial score (nSPS) is 24.9. The molecule has 9 heteroatoms. The molecule has 1 aliphatic heterocycles. The molecular weight excluding hydrogens is 498 g/mol. The van der Waals surface area contributed by atoms with Crippen LogP contribution in [0.25, 0.3) is 0 Å². The Morgan fingerprint density at radius 1 is 0.821 bits per heavy atom. The SMILES string of the molecule is CNc1nnc([C@@H]2[C@@H](c3ccccc3)[C@]3(c4ccc(OC)cc4)Oc4cc(OC)cc(OC)c4C3[C@@H]2OC)o1. The molecule has 9 nitrogen and oxygen atoms in total. The van der Waals surface area contributed by atoms with Gasteiger partial charge in [-0.25, -0.2) is 0 Å². The zero-order valence-electron chi connectivity index (χ0n) is 22.5. The summed E-state index contributed by atoms with van der Waals surface area (Å²) in [6, 6.07) is 22.4. The number of hydrogen-bond acceptors (Lipinski definition) is 9. The Kier molecular flexibility index (Phi) is 6.31. The molecular formula is C30H31N3O6. The molecule has 6 rings (SSSR count). The molecule has 0 radical (unpaired) electrons. The number of rotatable bonds is 8. The molecule has 1 unspecified atom stereocenters. The smallest absolute Gasteiger partial charge is 0.315 e. The molecule has 1 fully saturated rings. The van der Waals surface area contributed by atoms with Crippen LogP contribution in [0.2, 0.25) is 0 Å². The molecule has 39 heavy (non-hydrogen) atoms. The van der Waals surface area contributed by atoms with Crippen LogP contribution in [0.3, 0.4) is 0 Å². The molecule has 0 bridgehead atoms. The Hall–Kier alpha value is -4.24. The van der Waals surface area contributed by atoms with Gasteiger partial charge in [-0.1, -0.05) is 47.6 Å². The van der Waals surface area contributed by atoms with Gasteiger partial charge in [-0.15, -0.1) is 5.10 Å². The predicted molar refractivity (Wildman–Crippen MR) is 144 cm³/mol. The summed E-state index contributed by atoms with van der Waals surface area (Å²) in [5.74, 6) is 2.34. The fourth-order valence-electron chi connectivity index (χ4n) is 6.46. The van der Waals surface area contributed by atoms with Crippen molar-refractivity contribution in [3.05, 3.63) is 89.3 Å². The quantitative estimate of drug-likeness (QED) is 0.334. The Morgan fingerprint density at radius 2 is 1.56 bits per heavy atom. The minimum absolute atomic E-state index is 0.268. The van der Waals surface area contributed by atoms with E-state index in [1.807, 2.05) is 42.5 Å². The summed E-state index contributed by atoms with van der Waals surface area (Å²) in [5, 5.41) is 11.6. The molecule has 0 amide bonds. The highest BCUT2D eigenvalue weighted by atomic mass is 16.5. The lowest BCUT2D eigenvalue weighted by Crippen LogP contribution is -2.38. The van der Waals surface area contributed by atoms with Gasteiger partial charge < -0.3 is 33.4 Å². The van der Waals surface area contributed by atoms with Crippen molar-refractivity contribution in [1.29, 1.82) is 0 Å². The Bertz CT molecular complexity index is 1460. The summed E-state index contributed by atoms with van der Waals surface area (Å²) in [6.07, 6.45) is -0.397. The topological polar surface area (TPSA) is 97.1 Å². The summed E-state index contributed by atoms with van der Waals surface area (Å²) in [5.41, 5.74) is 2.04. The highest BCUT2D eigenvalue weighted by Crippen LogP contribution is 2.70. The van der Waals surface area contributed by atoms with E-state index in [1.165, 1.54) is 0 Å². The van der Waals surface area contributed by atoms with E-state index in [-0.39, 0.29) is 17.8 Å². The van der Waals surface area contributed by atoms with Gasteiger partial charge in [0.2, 0.25) is 5.89 Å². The molecule has 3 aromatic carbocycles. The van der Waals surface area contributed by atoms with Gasteiger partial charge in [0.1, 0.15) is 23.0 Å². The van der Waals surface area contributed by atoms with E-state index in [4.69, 9.17) is 28.1 Å². The van der Waals surface area contributed by atoms with Gasteiger partial charge in [-0.3, -0.25) is 0 Å². The molecule has 2 heterocycles. The maximum atomic E-state index is 7.16. The largest absolute Gasteiger partial charge is 0.497 e. The summed E-state index contributed by atoms with van der Waals surface area (Å²) in [7, 11) is 8.41. The minimum Gasteiger partial charge on any atom is -0.497 e. The van der Waals surface area contributed by atoms with Crippen LogP contribution in [-0.2, 0) is 10.3 Å². The van der Waals surface area contributed by atoms with Crippen molar-refractivity contribution in [3.8, 4) is 23.0 Å². The van der Waals surface area contributed by atoms with Gasteiger partial charge in [0.05, 0.1) is 39.3 Å². The molecule has 1 aliphatic carbocycles. The van der Waals surface area contributed by atoms with Crippen molar-refractivity contribution in [2.24, 2.45) is 0 Å². The van der Waals surface area contributed by atoms with Crippen molar-refractivity contribution in [2.75, 3.05) is 40.8 Å². The fourth-order valence-corrected chi connectivity index (χ4v) is 6.46. The lowest BCUT2D eigenvalue weighted by atomic mass is 9.73. The zero-order chi connectivity index (χ0) is 27.1. The van der Waals surface area contributed by atoms with Gasteiger partial charge in [-0.05, 0) is 23.3 Å². The van der Waals surface area contributed by atoms with Crippen molar-refractivity contribution in [2.45, 2.75) is 29.5 Å². The third-order valence-corrected chi connectivity index (χ3v) is 8.00. The van der Waals surface area contributed by atoms with Gasteiger partial charge >= 0.3 is 6.01 Å². The second kappa shape index (κ2) is 9.81. The summed E-state index contributed by atoms with van der Waals surface area (Å²) in [6.45, 7) is 0. The summed E-state index contributed by atoms with van der Waals surface area (Å²) in [4.78, 5) is 0. The Labute approximate surface area is 227 Å². The van der Waals surface area contributed by atoms with Crippen LogP contribution in [0.4, 0.5) is 6.01 Å².